The number of anilines is 2. The van der Waals surface area contributed by atoms with Gasteiger partial charge in [0.2, 0.25) is 0 Å². The van der Waals surface area contributed by atoms with Crippen LogP contribution in [-0.2, 0) is 17.7 Å². The van der Waals surface area contributed by atoms with Gasteiger partial charge in [-0.25, -0.2) is 15.0 Å². The summed E-state index contributed by atoms with van der Waals surface area (Å²) in [4.78, 5) is 23.7. The number of pyridine rings is 1. The third-order valence-corrected chi connectivity index (χ3v) is 7.86. The Morgan fingerprint density at radius 2 is 2.03 bits per heavy atom. The van der Waals surface area contributed by atoms with Crippen LogP contribution in [0.3, 0.4) is 0 Å². The fraction of sp³-hybridized carbons (Fsp3) is 0.542. The molecule has 0 aromatic carbocycles. The van der Waals surface area contributed by atoms with Crippen LogP contribution >= 0.6 is 12.4 Å². The zero-order chi connectivity index (χ0) is 23.3. The molecule has 0 saturated carbocycles. The zero-order valence-electron chi connectivity index (χ0n) is 19.8. The standard InChI is InChI=1S/C24H30N8O2.ClH/c1-15-22(25)24(14-34-15)6-9-31(10-7-24)20-13-26-21-18(30-20)12-27-23(21)32-8-2-3-17-19(32)5-4-16(29-17)11-28-33;/h4-5,11,13,15,22,33H,2-3,6-10,12,14,25H2,1H3;1H/b28-11+;/t15-,22+;/m0./s1. The Labute approximate surface area is 210 Å². The van der Waals surface area contributed by atoms with E-state index >= 15 is 0 Å². The predicted molar refractivity (Wildman–Crippen MR) is 136 cm³/mol. The molecule has 2 saturated heterocycles. The number of ether oxygens (including phenoxy) is 1. The minimum atomic E-state index is 0. The second-order valence-electron chi connectivity index (χ2n) is 9.76. The maximum atomic E-state index is 8.82. The van der Waals surface area contributed by atoms with Gasteiger partial charge in [0.1, 0.15) is 11.5 Å². The quantitative estimate of drug-likeness (QED) is 0.366. The molecule has 1 spiro atoms. The van der Waals surface area contributed by atoms with Crippen molar-refractivity contribution in [2.75, 3.05) is 36.0 Å². The topological polar surface area (TPSA) is 125 Å². The average Bonchev–Trinajstić information content (AvgIpc) is 3.41. The predicted octanol–water partition coefficient (Wildman–Crippen LogP) is 2.15. The van der Waals surface area contributed by atoms with Crippen molar-refractivity contribution in [2.45, 2.75) is 51.3 Å². The molecule has 186 valence electrons. The number of rotatable bonds is 2. The van der Waals surface area contributed by atoms with Crippen molar-refractivity contribution < 1.29 is 9.94 Å². The van der Waals surface area contributed by atoms with Gasteiger partial charge in [-0.1, -0.05) is 5.16 Å². The smallest absolute Gasteiger partial charge is 0.156 e. The number of oxime groups is 1. The molecule has 0 radical (unpaired) electrons. The van der Waals surface area contributed by atoms with Gasteiger partial charge in [-0.15, -0.1) is 12.4 Å². The second-order valence-corrected chi connectivity index (χ2v) is 9.76. The second kappa shape index (κ2) is 9.33. The summed E-state index contributed by atoms with van der Waals surface area (Å²) in [6.07, 6.45) is 7.25. The summed E-state index contributed by atoms with van der Waals surface area (Å²) < 4.78 is 5.86. The van der Waals surface area contributed by atoms with Gasteiger partial charge in [0.05, 0.1) is 54.4 Å². The van der Waals surface area contributed by atoms with Crippen LogP contribution in [0, 0.1) is 5.41 Å². The molecule has 4 aliphatic rings. The Morgan fingerprint density at radius 1 is 1.20 bits per heavy atom. The van der Waals surface area contributed by atoms with E-state index in [-0.39, 0.29) is 30.0 Å². The lowest BCUT2D eigenvalue weighted by atomic mass is 9.73. The molecule has 2 atom stereocenters. The Hall–Kier alpha value is -2.82. The first-order chi connectivity index (χ1) is 16.6. The number of aryl methyl sites for hydroxylation is 1. The molecular weight excluding hydrogens is 468 g/mol. The highest BCUT2D eigenvalue weighted by Gasteiger charge is 2.47. The maximum absolute atomic E-state index is 8.82. The van der Waals surface area contributed by atoms with E-state index in [1.165, 1.54) is 6.21 Å². The van der Waals surface area contributed by atoms with Gasteiger partial charge in [-0.2, -0.15) is 0 Å². The number of nitrogens with zero attached hydrogens (tertiary/aromatic N) is 7. The van der Waals surface area contributed by atoms with Gasteiger partial charge in [0.15, 0.2) is 5.84 Å². The largest absolute Gasteiger partial charge is 0.411 e. The first-order valence-electron chi connectivity index (χ1n) is 12.1. The summed E-state index contributed by atoms with van der Waals surface area (Å²) in [5.41, 5.74) is 11.0. The van der Waals surface area contributed by atoms with E-state index in [1.807, 2.05) is 18.3 Å². The Balaban J connectivity index is 0.00000253. The first kappa shape index (κ1) is 23.9. The van der Waals surface area contributed by atoms with Crippen LogP contribution in [0.5, 0.6) is 0 Å². The number of halogens is 1. The van der Waals surface area contributed by atoms with E-state index < -0.39 is 0 Å². The number of nitrogens with two attached hydrogens (primary N) is 1. The maximum Gasteiger partial charge on any atom is 0.156 e. The van der Waals surface area contributed by atoms with Crippen LogP contribution in [-0.4, -0.2) is 70.6 Å². The number of fused-ring (bicyclic) bond motifs is 2. The molecule has 2 aromatic rings. The summed E-state index contributed by atoms with van der Waals surface area (Å²) in [6.45, 7) is 6.06. The first-order valence-corrected chi connectivity index (χ1v) is 12.1. The number of aromatic nitrogens is 3. The number of hydrogen-bond donors (Lipinski definition) is 2. The number of hydrogen-bond acceptors (Lipinski definition) is 10. The monoisotopic (exact) mass is 498 g/mol. The summed E-state index contributed by atoms with van der Waals surface area (Å²) in [6, 6.07) is 3.97. The molecule has 2 aromatic heterocycles. The molecule has 3 N–H and O–H groups in total. The van der Waals surface area contributed by atoms with Crippen molar-refractivity contribution in [3.63, 3.8) is 0 Å². The van der Waals surface area contributed by atoms with Crippen molar-refractivity contribution in [2.24, 2.45) is 21.3 Å². The SMILES string of the molecule is C[C@@H]1OCC2(CCN(c3cnc4c(n3)CN=C4N3CCCc4nc(/C=N/O)ccc43)CC2)[C@@H]1N.Cl. The summed E-state index contributed by atoms with van der Waals surface area (Å²) in [7, 11) is 0. The number of piperidine rings is 1. The Bertz CT molecular complexity index is 1160. The van der Waals surface area contributed by atoms with Crippen LogP contribution in [0.4, 0.5) is 11.5 Å². The minimum absolute atomic E-state index is 0. The van der Waals surface area contributed by atoms with Crippen LogP contribution < -0.4 is 15.5 Å². The molecule has 6 heterocycles. The molecule has 0 bridgehead atoms. The highest BCUT2D eigenvalue weighted by molar-refractivity contribution is 6.11. The van der Waals surface area contributed by atoms with Gasteiger partial charge in [0, 0.05) is 31.1 Å². The van der Waals surface area contributed by atoms with Crippen molar-refractivity contribution in [3.05, 3.63) is 41.1 Å². The van der Waals surface area contributed by atoms with E-state index in [4.69, 9.17) is 30.6 Å². The highest BCUT2D eigenvalue weighted by Crippen LogP contribution is 2.42. The lowest BCUT2D eigenvalue weighted by molar-refractivity contribution is 0.0974. The van der Waals surface area contributed by atoms with Crippen LogP contribution in [0.15, 0.2) is 28.5 Å². The van der Waals surface area contributed by atoms with E-state index in [1.54, 1.807) is 0 Å². The molecule has 0 unspecified atom stereocenters. The van der Waals surface area contributed by atoms with Gasteiger partial charge in [0.25, 0.3) is 0 Å². The molecule has 10 nitrogen and oxygen atoms in total. The number of aliphatic imine (C=N–C) groups is 1. The molecular formula is C24H31ClN8O2. The van der Waals surface area contributed by atoms with Crippen LogP contribution in [0.1, 0.15) is 49.0 Å². The summed E-state index contributed by atoms with van der Waals surface area (Å²) >= 11 is 0. The molecule has 11 heteroatoms. The third-order valence-electron chi connectivity index (χ3n) is 7.86. The summed E-state index contributed by atoms with van der Waals surface area (Å²) in [5, 5.41) is 11.9. The fourth-order valence-corrected chi connectivity index (χ4v) is 5.77. The van der Waals surface area contributed by atoms with Crippen molar-refractivity contribution in [1.82, 2.24) is 15.0 Å². The van der Waals surface area contributed by atoms with Crippen molar-refractivity contribution >= 4 is 36.0 Å². The van der Waals surface area contributed by atoms with E-state index in [0.717, 1.165) is 86.3 Å². The molecule has 0 aliphatic carbocycles. The van der Waals surface area contributed by atoms with E-state index in [9.17, 15) is 0 Å². The lowest BCUT2D eigenvalue weighted by Gasteiger charge is -2.41. The lowest BCUT2D eigenvalue weighted by Crippen LogP contribution is -2.50. The third kappa shape index (κ3) is 4.03. The molecule has 6 rings (SSSR count). The van der Waals surface area contributed by atoms with Crippen molar-refractivity contribution in [3.8, 4) is 0 Å². The Kier molecular flexibility index (Phi) is 6.37. The van der Waals surface area contributed by atoms with Gasteiger partial charge < -0.3 is 25.5 Å². The molecule has 0 amide bonds. The average molecular weight is 499 g/mol. The molecule has 35 heavy (non-hydrogen) atoms. The van der Waals surface area contributed by atoms with Gasteiger partial charge in [-0.05, 0) is 44.7 Å². The van der Waals surface area contributed by atoms with Crippen molar-refractivity contribution in [1.29, 1.82) is 0 Å². The normalized spacial score (nSPS) is 24.9. The fourth-order valence-electron chi connectivity index (χ4n) is 5.77. The van der Waals surface area contributed by atoms with Gasteiger partial charge in [-0.3, -0.25) is 4.99 Å². The van der Waals surface area contributed by atoms with Gasteiger partial charge >= 0.3 is 0 Å². The Morgan fingerprint density at radius 3 is 2.77 bits per heavy atom. The zero-order valence-corrected chi connectivity index (χ0v) is 20.6. The summed E-state index contributed by atoms with van der Waals surface area (Å²) in [5.74, 6) is 1.78. The van der Waals surface area contributed by atoms with Crippen LogP contribution in [0.2, 0.25) is 0 Å². The number of amidine groups is 1. The highest BCUT2D eigenvalue weighted by atomic mass is 35.5. The van der Waals surface area contributed by atoms with Crippen LogP contribution in [0.25, 0.3) is 0 Å². The van der Waals surface area contributed by atoms with E-state index in [2.05, 4.69) is 26.9 Å². The molecule has 2 fully saturated rings. The minimum Gasteiger partial charge on any atom is -0.411 e. The molecule has 4 aliphatic heterocycles. The van der Waals surface area contributed by atoms with E-state index in [0.29, 0.717) is 12.2 Å².